The summed E-state index contributed by atoms with van der Waals surface area (Å²) in [4.78, 5) is 42.9. The fraction of sp³-hybridized carbons (Fsp3) is 0.481. The molecule has 5 heterocycles. The van der Waals surface area contributed by atoms with Crippen LogP contribution in [0.1, 0.15) is 31.1 Å². The number of hydrogen-bond acceptors (Lipinski definition) is 7. The predicted octanol–water partition coefficient (Wildman–Crippen LogP) is 1.96. The van der Waals surface area contributed by atoms with Crippen LogP contribution in [0, 0.1) is 18.8 Å². The van der Waals surface area contributed by atoms with E-state index in [0.717, 1.165) is 18.4 Å². The van der Waals surface area contributed by atoms with Crippen LogP contribution < -0.4 is 10.6 Å². The number of rotatable bonds is 7. The molecule has 4 aliphatic heterocycles. The van der Waals surface area contributed by atoms with Crippen LogP contribution in [0.15, 0.2) is 53.1 Å². The van der Waals surface area contributed by atoms with Crippen molar-refractivity contribution >= 4 is 23.5 Å². The molecule has 3 amide bonds. The van der Waals surface area contributed by atoms with Gasteiger partial charge in [0.15, 0.2) is 5.82 Å². The average molecular weight is 507 g/mol. The number of carbonyl (C=O) groups is 3. The van der Waals surface area contributed by atoms with Gasteiger partial charge in [-0.25, -0.2) is 0 Å². The van der Waals surface area contributed by atoms with Crippen LogP contribution in [0.3, 0.4) is 0 Å². The second-order valence-electron chi connectivity index (χ2n) is 10.5. The molecule has 2 aromatic rings. The smallest absolute Gasteiger partial charge is 0.246 e. The number of likely N-dealkylation sites (tertiary alicyclic amines) is 1. The minimum atomic E-state index is -1.26. The van der Waals surface area contributed by atoms with E-state index in [4.69, 9.17) is 14.0 Å². The monoisotopic (exact) mass is 506 g/mol. The molecular weight excluding hydrogens is 476 g/mol. The average Bonchev–Trinajstić information content (AvgIpc) is 3.68. The highest BCUT2D eigenvalue weighted by atomic mass is 16.5. The van der Waals surface area contributed by atoms with E-state index in [1.165, 1.54) is 0 Å². The maximum Gasteiger partial charge on any atom is 0.246 e. The molecule has 2 bridgehead atoms. The second-order valence-corrected chi connectivity index (χ2v) is 10.5. The van der Waals surface area contributed by atoms with E-state index in [-0.39, 0.29) is 30.3 Å². The van der Waals surface area contributed by atoms with Crippen molar-refractivity contribution in [2.75, 3.05) is 18.5 Å². The van der Waals surface area contributed by atoms with E-state index in [1.807, 2.05) is 42.5 Å². The summed E-state index contributed by atoms with van der Waals surface area (Å²) in [6.45, 7) is 4.72. The van der Waals surface area contributed by atoms with E-state index in [2.05, 4.69) is 15.8 Å². The fourth-order valence-corrected chi connectivity index (χ4v) is 6.34. The number of ether oxygens (including phenoxy) is 2. The number of nitrogens with one attached hydrogen (secondary N) is 2. The van der Waals surface area contributed by atoms with Gasteiger partial charge in [-0.05, 0) is 32.3 Å². The topological polar surface area (TPSA) is 123 Å². The largest absolute Gasteiger partial charge is 0.376 e. The lowest BCUT2D eigenvalue weighted by Crippen LogP contribution is -2.55. The van der Waals surface area contributed by atoms with Crippen LogP contribution in [0.4, 0.5) is 5.82 Å². The van der Waals surface area contributed by atoms with Crippen LogP contribution >= 0.6 is 0 Å². The first kappa shape index (κ1) is 23.9. The van der Waals surface area contributed by atoms with Gasteiger partial charge in [0.25, 0.3) is 0 Å². The van der Waals surface area contributed by atoms with Gasteiger partial charge in [0, 0.05) is 25.8 Å². The first-order valence-electron chi connectivity index (χ1n) is 12.7. The molecule has 10 heteroatoms. The lowest BCUT2D eigenvalue weighted by atomic mass is 9.70. The van der Waals surface area contributed by atoms with Crippen molar-refractivity contribution in [1.82, 2.24) is 15.4 Å². The Morgan fingerprint density at radius 2 is 2.00 bits per heavy atom. The molecule has 10 nitrogen and oxygen atoms in total. The van der Waals surface area contributed by atoms with E-state index in [0.29, 0.717) is 18.9 Å². The number of nitrogens with zero attached hydrogens (tertiary/aromatic N) is 2. The molecule has 1 aromatic heterocycles. The fourth-order valence-electron chi connectivity index (χ4n) is 6.34. The van der Waals surface area contributed by atoms with Gasteiger partial charge >= 0.3 is 0 Å². The number of anilines is 1. The number of aryl methyl sites for hydroxylation is 1. The second kappa shape index (κ2) is 8.81. The number of benzene rings is 1. The molecule has 3 saturated heterocycles. The molecule has 0 aliphatic carbocycles. The summed E-state index contributed by atoms with van der Waals surface area (Å²) in [6.07, 6.45) is 5.17. The summed E-state index contributed by atoms with van der Waals surface area (Å²) in [5.74, 6) is -1.88. The van der Waals surface area contributed by atoms with Crippen LogP contribution in [-0.2, 0) is 30.4 Å². The highest BCUT2D eigenvalue weighted by Gasteiger charge is 2.76. The molecule has 3 fully saturated rings. The van der Waals surface area contributed by atoms with Gasteiger partial charge < -0.3 is 29.5 Å². The third kappa shape index (κ3) is 3.86. The third-order valence-corrected chi connectivity index (χ3v) is 7.94. The minimum Gasteiger partial charge on any atom is -0.376 e. The molecule has 0 saturated carbocycles. The summed E-state index contributed by atoms with van der Waals surface area (Å²) in [6, 6.07) is 10.3. The Kier molecular flexibility index (Phi) is 5.68. The Morgan fingerprint density at radius 1 is 1.19 bits per heavy atom. The van der Waals surface area contributed by atoms with Gasteiger partial charge in [-0.3, -0.25) is 14.4 Å². The van der Waals surface area contributed by atoms with Crippen LogP contribution in [-0.4, -0.2) is 64.3 Å². The molecule has 0 unspecified atom stereocenters. The number of amides is 3. The predicted molar refractivity (Wildman–Crippen MR) is 131 cm³/mol. The zero-order chi connectivity index (χ0) is 25.8. The highest BCUT2D eigenvalue weighted by molar-refractivity contribution is 6.03. The van der Waals surface area contributed by atoms with Gasteiger partial charge in [-0.2, -0.15) is 0 Å². The molecule has 0 radical (unpaired) electrons. The third-order valence-electron chi connectivity index (χ3n) is 7.94. The number of aromatic nitrogens is 1. The first-order chi connectivity index (χ1) is 17.8. The van der Waals surface area contributed by atoms with Gasteiger partial charge in [0.05, 0.1) is 23.5 Å². The van der Waals surface area contributed by atoms with Gasteiger partial charge in [0.2, 0.25) is 17.7 Å². The van der Waals surface area contributed by atoms with E-state index < -0.39 is 35.0 Å². The Hall–Kier alpha value is -3.50. The summed E-state index contributed by atoms with van der Waals surface area (Å²) >= 11 is 0. The van der Waals surface area contributed by atoms with Crippen molar-refractivity contribution < 1.29 is 28.4 Å². The lowest BCUT2D eigenvalue weighted by Gasteiger charge is -2.34. The summed E-state index contributed by atoms with van der Waals surface area (Å²) in [7, 11) is 0. The van der Waals surface area contributed by atoms with Gasteiger partial charge in [-0.15, -0.1) is 0 Å². The molecule has 1 spiro atoms. The van der Waals surface area contributed by atoms with Crippen molar-refractivity contribution in [3.63, 3.8) is 0 Å². The van der Waals surface area contributed by atoms with Crippen LogP contribution in [0.5, 0.6) is 0 Å². The van der Waals surface area contributed by atoms with Gasteiger partial charge in [0.1, 0.15) is 17.4 Å². The molecule has 1 aromatic carbocycles. The lowest BCUT2D eigenvalue weighted by molar-refractivity contribution is -0.145. The zero-order valence-corrected chi connectivity index (χ0v) is 20.8. The molecule has 2 N–H and O–H groups in total. The molecular formula is C27H30N4O6. The standard InChI is InChI=1S/C27H30N4O6/c1-16-13-19(30-36-16)29-23(32)20-21-25(34)31(15-18-9-6-12-35-18)22(27(21)11-10-26(20,2)37-27)24(33)28-14-17-7-4-3-5-8-17/h3-5,7-8,10-11,13,18,20-22H,6,9,12,14-15H2,1-2H3,(H,28,33)(H,29,30,32)/t18-,20-,21-,22+,26-,27+/m0/s1. The summed E-state index contributed by atoms with van der Waals surface area (Å²) in [5.41, 5.74) is -1.36. The van der Waals surface area contributed by atoms with Crippen molar-refractivity contribution in [2.24, 2.45) is 11.8 Å². The molecule has 6 atom stereocenters. The van der Waals surface area contributed by atoms with E-state index >= 15 is 0 Å². The Bertz CT molecular complexity index is 1250. The van der Waals surface area contributed by atoms with Crippen LogP contribution in [0.25, 0.3) is 0 Å². The number of carbonyl (C=O) groups excluding carboxylic acids is 3. The molecule has 194 valence electrons. The maximum absolute atomic E-state index is 14.0. The van der Waals surface area contributed by atoms with Crippen molar-refractivity contribution in [3.05, 3.63) is 59.9 Å². The first-order valence-corrected chi connectivity index (χ1v) is 12.7. The maximum atomic E-state index is 14.0. The molecule has 37 heavy (non-hydrogen) atoms. The van der Waals surface area contributed by atoms with Crippen molar-refractivity contribution in [2.45, 2.75) is 56.6 Å². The normalized spacial score (nSPS) is 33.7. The zero-order valence-electron chi connectivity index (χ0n) is 20.8. The Morgan fingerprint density at radius 3 is 2.70 bits per heavy atom. The molecule has 6 rings (SSSR count). The highest BCUT2D eigenvalue weighted by Crippen LogP contribution is 2.59. The van der Waals surface area contributed by atoms with E-state index in [1.54, 1.807) is 24.8 Å². The Balaban J connectivity index is 1.32. The summed E-state index contributed by atoms with van der Waals surface area (Å²) < 4.78 is 17.4. The summed E-state index contributed by atoms with van der Waals surface area (Å²) in [5, 5.41) is 9.62. The van der Waals surface area contributed by atoms with Crippen molar-refractivity contribution in [1.29, 1.82) is 0 Å². The van der Waals surface area contributed by atoms with Crippen molar-refractivity contribution in [3.8, 4) is 0 Å². The minimum absolute atomic E-state index is 0.161. The number of fused-ring (bicyclic) bond motifs is 1. The Labute approximate surface area is 214 Å². The molecule has 4 aliphatic rings. The SMILES string of the molecule is Cc1cc(NC(=O)[C@@H]2[C@H]3C(=O)N(C[C@@H]4CCCO4)[C@H](C(=O)NCc4ccccc4)[C@@]34C=C[C@]2(C)O4)no1. The quantitative estimate of drug-likeness (QED) is 0.551. The van der Waals surface area contributed by atoms with E-state index in [9.17, 15) is 14.4 Å². The van der Waals surface area contributed by atoms with Crippen LogP contribution in [0.2, 0.25) is 0 Å². The van der Waals surface area contributed by atoms with Gasteiger partial charge in [-0.1, -0.05) is 47.6 Å². The number of hydrogen-bond donors (Lipinski definition) is 2.